The summed E-state index contributed by atoms with van der Waals surface area (Å²) in [6.45, 7) is 3.85. The predicted octanol–water partition coefficient (Wildman–Crippen LogP) is 3.16. The molecule has 0 bridgehead atoms. The van der Waals surface area contributed by atoms with E-state index in [1.807, 2.05) is 13.8 Å². The van der Waals surface area contributed by atoms with E-state index in [2.05, 4.69) is 15.5 Å². The molecule has 7 heteroatoms. The molecule has 106 valence electrons. The smallest absolute Gasteiger partial charge is 0.278 e. The zero-order chi connectivity index (χ0) is 14.9. The number of aromatic amines is 1. The first kappa shape index (κ1) is 14.3. The van der Waals surface area contributed by atoms with Crippen molar-refractivity contribution in [2.75, 3.05) is 11.1 Å². The lowest BCUT2D eigenvalue weighted by atomic mass is 10.1. The second kappa shape index (κ2) is 5.50. The number of carbonyl (C=O) groups excluding carboxylic acids is 1. The van der Waals surface area contributed by atoms with E-state index in [0.717, 1.165) is 6.07 Å². The number of carbonyl (C=O) groups is 1. The van der Waals surface area contributed by atoms with Crippen molar-refractivity contribution in [2.24, 2.45) is 0 Å². The zero-order valence-electron chi connectivity index (χ0n) is 11.0. The molecule has 1 aromatic carbocycles. The van der Waals surface area contributed by atoms with Crippen LogP contribution >= 0.6 is 11.6 Å². The SMILES string of the molecule is CC(C)c1[nH]nc(C(=O)Nc2cc(F)ccc2Cl)c1N. The molecule has 2 rings (SSSR count). The molecule has 1 amide bonds. The third-order valence-corrected chi connectivity index (χ3v) is 3.13. The van der Waals surface area contributed by atoms with Crippen molar-refractivity contribution in [2.45, 2.75) is 19.8 Å². The first-order chi connectivity index (χ1) is 9.40. The molecule has 0 saturated carbocycles. The van der Waals surface area contributed by atoms with E-state index in [-0.39, 0.29) is 28.0 Å². The van der Waals surface area contributed by atoms with Crippen molar-refractivity contribution in [1.82, 2.24) is 10.2 Å². The number of nitrogens with zero attached hydrogens (tertiary/aromatic N) is 1. The molecule has 2 aromatic rings. The highest BCUT2D eigenvalue weighted by Gasteiger charge is 2.19. The maximum Gasteiger partial charge on any atom is 0.278 e. The van der Waals surface area contributed by atoms with Crippen LogP contribution in [-0.2, 0) is 0 Å². The van der Waals surface area contributed by atoms with Crippen LogP contribution in [-0.4, -0.2) is 16.1 Å². The van der Waals surface area contributed by atoms with Gasteiger partial charge in [-0.2, -0.15) is 5.10 Å². The minimum Gasteiger partial charge on any atom is -0.395 e. The van der Waals surface area contributed by atoms with Crippen molar-refractivity contribution in [3.8, 4) is 0 Å². The summed E-state index contributed by atoms with van der Waals surface area (Å²) >= 11 is 5.88. The molecule has 0 fully saturated rings. The molecule has 20 heavy (non-hydrogen) atoms. The summed E-state index contributed by atoms with van der Waals surface area (Å²) in [5.74, 6) is -0.928. The summed E-state index contributed by atoms with van der Waals surface area (Å²) in [6, 6.07) is 3.70. The largest absolute Gasteiger partial charge is 0.395 e. The number of amides is 1. The Balaban J connectivity index is 2.26. The Morgan fingerprint density at radius 2 is 2.20 bits per heavy atom. The Labute approximate surface area is 120 Å². The number of halogens is 2. The average molecular weight is 297 g/mol. The normalized spacial score (nSPS) is 10.8. The minimum absolute atomic E-state index is 0.0639. The first-order valence-corrected chi connectivity index (χ1v) is 6.38. The number of H-pyrrole nitrogens is 1. The lowest BCUT2D eigenvalue weighted by Gasteiger charge is -2.07. The number of aromatic nitrogens is 2. The van der Waals surface area contributed by atoms with Crippen molar-refractivity contribution in [1.29, 1.82) is 0 Å². The number of hydrogen-bond acceptors (Lipinski definition) is 3. The summed E-state index contributed by atoms with van der Waals surface area (Å²) in [4.78, 5) is 12.1. The van der Waals surface area contributed by atoms with Gasteiger partial charge in [-0.1, -0.05) is 25.4 Å². The summed E-state index contributed by atoms with van der Waals surface area (Å²) in [5.41, 5.74) is 7.06. The van der Waals surface area contributed by atoms with Gasteiger partial charge in [0.25, 0.3) is 5.91 Å². The van der Waals surface area contributed by atoms with Crippen LogP contribution in [0.3, 0.4) is 0 Å². The molecule has 1 aromatic heterocycles. The Hall–Kier alpha value is -2.08. The number of rotatable bonds is 3. The van der Waals surface area contributed by atoms with E-state index in [9.17, 15) is 9.18 Å². The van der Waals surface area contributed by atoms with E-state index in [1.54, 1.807) is 0 Å². The zero-order valence-corrected chi connectivity index (χ0v) is 11.8. The molecule has 5 nitrogen and oxygen atoms in total. The highest BCUT2D eigenvalue weighted by Crippen LogP contribution is 2.25. The summed E-state index contributed by atoms with van der Waals surface area (Å²) in [5, 5.41) is 9.33. The molecule has 0 aliphatic heterocycles. The quantitative estimate of drug-likeness (QED) is 0.813. The van der Waals surface area contributed by atoms with Crippen LogP contribution in [0.25, 0.3) is 0 Å². The third kappa shape index (κ3) is 2.75. The van der Waals surface area contributed by atoms with E-state index < -0.39 is 11.7 Å². The monoisotopic (exact) mass is 296 g/mol. The predicted molar refractivity (Wildman–Crippen MR) is 76.5 cm³/mol. The Morgan fingerprint density at radius 3 is 2.80 bits per heavy atom. The Morgan fingerprint density at radius 1 is 1.50 bits per heavy atom. The summed E-state index contributed by atoms with van der Waals surface area (Å²) in [7, 11) is 0. The highest BCUT2D eigenvalue weighted by molar-refractivity contribution is 6.33. The van der Waals surface area contributed by atoms with E-state index in [4.69, 9.17) is 17.3 Å². The molecular formula is C13H14ClFN4O. The fraction of sp³-hybridized carbons (Fsp3) is 0.231. The van der Waals surface area contributed by atoms with Gasteiger partial charge in [0.2, 0.25) is 0 Å². The maximum absolute atomic E-state index is 13.1. The molecule has 0 spiro atoms. The number of benzene rings is 1. The van der Waals surface area contributed by atoms with E-state index in [0.29, 0.717) is 5.69 Å². The molecule has 1 heterocycles. The average Bonchev–Trinajstić information content (AvgIpc) is 2.76. The second-order valence-electron chi connectivity index (χ2n) is 4.63. The molecule has 0 atom stereocenters. The number of nitrogens with two attached hydrogens (primary N) is 1. The topological polar surface area (TPSA) is 83.8 Å². The second-order valence-corrected chi connectivity index (χ2v) is 5.04. The van der Waals surface area contributed by atoms with Crippen molar-refractivity contribution >= 4 is 28.9 Å². The van der Waals surface area contributed by atoms with Gasteiger partial charge in [-0.05, 0) is 24.1 Å². The number of nitrogen functional groups attached to an aromatic ring is 1. The lowest BCUT2D eigenvalue weighted by molar-refractivity contribution is 0.102. The molecule has 0 saturated heterocycles. The van der Waals surface area contributed by atoms with Gasteiger partial charge >= 0.3 is 0 Å². The van der Waals surface area contributed by atoms with E-state index in [1.165, 1.54) is 12.1 Å². The van der Waals surface area contributed by atoms with Crippen molar-refractivity contribution in [3.05, 3.63) is 40.4 Å². The van der Waals surface area contributed by atoms with Gasteiger partial charge in [0.15, 0.2) is 5.69 Å². The Bertz CT molecular complexity index is 654. The molecule has 0 radical (unpaired) electrons. The van der Waals surface area contributed by atoms with Crippen LogP contribution < -0.4 is 11.1 Å². The molecular weight excluding hydrogens is 283 g/mol. The van der Waals surface area contributed by atoms with Crippen LogP contribution in [0.1, 0.15) is 35.9 Å². The third-order valence-electron chi connectivity index (χ3n) is 2.80. The van der Waals surface area contributed by atoms with Gasteiger partial charge in [-0.15, -0.1) is 0 Å². The number of nitrogens with one attached hydrogen (secondary N) is 2. The van der Waals surface area contributed by atoms with Gasteiger partial charge in [-0.3, -0.25) is 9.89 Å². The van der Waals surface area contributed by atoms with Crippen molar-refractivity contribution < 1.29 is 9.18 Å². The van der Waals surface area contributed by atoms with Gasteiger partial charge in [0, 0.05) is 0 Å². The van der Waals surface area contributed by atoms with Crippen LogP contribution in [0.15, 0.2) is 18.2 Å². The van der Waals surface area contributed by atoms with Gasteiger partial charge < -0.3 is 11.1 Å². The van der Waals surface area contributed by atoms with Gasteiger partial charge in [-0.25, -0.2) is 4.39 Å². The van der Waals surface area contributed by atoms with E-state index >= 15 is 0 Å². The summed E-state index contributed by atoms with van der Waals surface area (Å²) in [6.07, 6.45) is 0. The number of anilines is 2. The maximum atomic E-state index is 13.1. The van der Waals surface area contributed by atoms with Crippen LogP contribution in [0.4, 0.5) is 15.8 Å². The molecule has 4 N–H and O–H groups in total. The Kier molecular flexibility index (Phi) is 3.94. The van der Waals surface area contributed by atoms with Gasteiger partial charge in [0.1, 0.15) is 5.82 Å². The first-order valence-electron chi connectivity index (χ1n) is 6.00. The van der Waals surface area contributed by atoms with Crippen molar-refractivity contribution in [3.63, 3.8) is 0 Å². The minimum atomic E-state index is -0.543. The fourth-order valence-electron chi connectivity index (χ4n) is 1.75. The molecule has 0 aliphatic rings. The number of hydrogen-bond donors (Lipinski definition) is 3. The molecule has 0 aliphatic carbocycles. The lowest BCUT2D eigenvalue weighted by Crippen LogP contribution is -2.15. The highest BCUT2D eigenvalue weighted by atomic mass is 35.5. The standard InChI is InChI=1S/C13H14ClFN4O/c1-6(2)11-10(16)12(19-18-11)13(20)17-9-5-7(15)3-4-8(9)14/h3-6H,16H2,1-2H3,(H,17,20)(H,18,19). The van der Waals surface area contributed by atoms with Crippen LogP contribution in [0.5, 0.6) is 0 Å². The van der Waals surface area contributed by atoms with Crippen LogP contribution in [0, 0.1) is 5.82 Å². The van der Waals surface area contributed by atoms with Gasteiger partial charge in [0.05, 0.1) is 22.1 Å². The summed E-state index contributed by atoms with van der Waals surface area (Å²) < 4.78 is 13.1. The van der Waals surface area contributed by atoms with Crippen LogP contribution in [0.2, 0.25) is 5.02 Å². The fourth-order valence-corrected chi connectivity index (χ4v) is 1.92. The molecule has 0 unspecified atom stereocenters.